The second-order valence-corrected chi connectivity index (χ2v) is 8.48. The van der Waals surface area contributed by atoms with Gasteiger partial charge in [0.1, 0.15) is 29.6 Å². The molecule has 0 radical (unpaired) electrons. The van der Waals surface area contributed by atoms with Crippen LogP contribution in [0.15, 0.2) is 71.9 Å². The Labute approximate surface area is 188 Å². The van der Waals surface area contributed by atoms with Crippen molar-refractivity contribution in [2.75, 3.05) is 19.5 Å². The molecular weight excluding hydrogens is 424 g/mol. The first kappa shape index (κ1) is 18.9. The Kier molecular flexibility index (Phi) is 4.39. The van der Waals surface area contributed by atoms with Gasteiger partial charge in [-0.25, -0.2) is 4.68 Å². The Hall–Kier alpha value is -3.78. The number of ether oxygens (including phenoxy) is 3. The molecule has 0 amide bonds. The van der Waals surface area contributed by atoms with E-state index in [0.717, 1.165) is 44.5 Å². The molecule has 0 saturated heterocycles. The molecule has 2 aliphatic heterocycles. The van der Waals surface area contributed by atoms with Crippen LogP contribution in [0.3, 0.4) is 0 Å². The summed E-state index contributed by atoms with van der Waals surface area (Å²) in [5.41, 5.74) is 3.96. The highest BCUT2D eigenvalue weighted by atomic mass is 32.1. The van der Waals surface area contributed by atoms with Gasteiger partial charge in [-0.15, -0.1) is 11.3 Å². The van der Waals surface area contributed by atoms with Crippen LogP contribution in [0.5, 0.6) is 17.2 Å². The van der Waals surface area contributed by atoms with Crippen molar-refractivity contribution in [2.24, 2.45) is 0 Å². The van der Waals surface area contributed by atoms with E-state index in [1.807, 2.05) is 47.1 Å². The molecule has 2 atom stereocenters. The zero-order valence-electron chi connectivity index (χ0n) is 17.5. The molecule has 2 aromatic carbocycles. The third-order valence-electron chi connectivity index (χ3n) is 5.85. The molecule has 8 heteroatoms. The maximum absolute atomic E-state index is 6.60. The average Bonchev–Trinajstić information content (AvgIpc) is 3.54. The second kappa shape index (κ2) is 7.42. The largest absolute Gasteiger partial charge is 0.497 e. The fraction of sp³-hybridized carbons (Fsp3) is 0.167. The van der Waals surface area contributed by atoms with Crippen LogP contribution in [-0.4, -0.2) is 29.0 Å². The van der Waals surface area contributed by atoms with Gasteiger partial charge in [0.2, 0.25) is 5.95 Å². The monoisotopic (exact) mass is 444 g/mol. The maximum atomic E-state index is 6.60. The van der Waals surface area contributed by atoms with Gasteiger partial charge in [-0.1, -0.05) is 18.2 Å². The SMILES string of the molecule is COc1ccc(OC)c([C@H]2C3=C(Nc4ncnn42)c2ccccc2O[C@@H]3c2cccs2)c1. The minimum atomic E-state index is -0.297. The third kappa shape index (κ3) is 2.80. The van der Waals surface area contributed by atoms with Gasteiger partial charge in [-0.3, -0.25) is 0 Å². The summed E-state index contributed by atoms with van der Waals surface area (Å²) in [7, 11) is 3.33. The van der Waals surface area contributed by atoms with Crippen LogP contribution >= 0.6 is 11.3 Å². The summed E-state index contributed by atoms with van der Waals surface area (Å²) in [6.07, 6.45) is 1.28. The Balaban J connectivity index is 1.66. The van der Waals surface area contributed by atoms with E-state index in [0.29, 0.717) is 5.95 Å². The highest BCUT2D eigenvalue weighted by molar-refractivity contribution is 7.10. The number of rotatable bonds is 4. The van der Waals surface area contributed by atoms with E-state index in [-0.39, 0.29) is 12.1 Å². The summed E-state index contributed by atoms with van der Waals surface area (Å²) in [5, 5.41) is 10.2. The lowest BCUT2D eigenvalue weighted by molar-refractivity contribution is 0.226. The van der Waals surface area contributed by atoms with Gasteiger partial charge >= 0.3 is 0 Å². The fourth-order valence-corrected chi connectivity index (χ4v) is 5.22. The van der Waals surface area contributed by atoms with Crippen molar-refractivity contribution in [2.45, 2.75) is 12.1 Å². The van der Waals surface area contributed by atoms with Crippen molar-refractivity contribution in [3.05, 3.63) is 87.9 Å². The number of fused-ring (bicyclic) bond motifs is 3. The first-order valence-electron chi connectivity index (χ1n) is 10.2. The summed E-state index contributed by atoms with van der Waals surface area (Å²) in [6, 6.07) is 17.7. The highest BCUT2D eigenvalue weighted by Crippen LogP contribution is 2.52. The molecule has 2 aliphatic rings. The molecule has 0 spiro atoms. The van der Waals surface area contributed by atoms with E-state index in [4.69, 9.17) is 14.2 Å². The molecule has 7 nitrogen and oxygen atoms in total. The van der Waals surface area contributed by atoms with E-state index in [9.17, 15) is 0 Å². The quantitative estimate of drug-likeness (QED) is 0.482. The first-order valence-corrected chi connectivity index (χ1v) is 11.1. The lowest BCUT2D eigenvalue weighted by atomic mass is 9.86. The van der Waals surface area contributed by atoms with Gasteiger partial charge in [-0.05, 0) is 41.8 Å². The van der Waals surface area contributed by atoms with Crippen molar-refractivity contribution in [1.82, 2.24) is 14.8 Å². The zero-order chi connectivity index (χ0) is 21.7. The van der Waals surface area contributed by atoms with Crippen LogP contribution in [0.1, 0.15) is 28.1 Å². The Morgan fingerprint density at radius 1 is 1.06 bits per heavy atom. The average molecular weight is 445 g/mol. The predicted octanol–water partition coefficient (Wildman–Crippen LogP) is 4.92. The lowest BCUT2D eigenvalue weighted by Crippen LogP contribution is -2.32. The number of anilines is 1. The minimum Gasteiger partial charge on any atom is -0.497 e. The molecule has 0 unspecified atom stereocenters. The van der Waals surface area contributed by atoms with Gasteiger partial charge in [0.25, 0.3) is 0 Å². The molecule has 0 aliphatic carbocycles. The summed E-state index contributed by atoms with van der Waals surface area (Å²) >= 11 is 1.67. The van der Waals surface area contributed by atoms with E-state index in [2.05, 4.69) is 32.9 Å². The fourth-order valence-electron chi connectivity index (χ4n) is 4.45. The normalized spacial score (nSPS) is 18.7. The van der Waals surface area contributed by atoms with Crippen molar-refractivity contribution in [1.29, 1.82) is 0 Å². The number of nitrogens with one attached hydrogen (secondary N) is 1. The Morgan fingerprint density at radius 3 is 2.78 bits per heavy atom. The molecule has 1 N–H and O–H groups in total. The predicted molar refractivity (Wildman–Crippen MR) is 122 cm³/mol. The third-order valence-corrected chi connectivity index (χ3v) is 6.77. The van der Waals surface area contributed by atoms with Crippen LogP contribution in [0.25, 0.3) is 5.70 Å². The molecule has 0 saturated carbocycles. The van der Waals surface area contributed by atoms with Gasteiger partial charge < -0.3 is 19.5 Å². The van der Waals surface area contributed by atoms with Crippen molar-refractivity contribution < 1.29 is 14.2 Å². The number of hydrogen-bond donors (Lipinski definition) is 1. The molecule has 4 heterocycles. The lowest BCUT2D eigenvalue weighted by Gasteiger charge is -2.38. The molecule has 160 valence electrons. The summed E-state index contributed by atoms with van der Waals surface area (Å²) in [4.78, 5) is 5.59. The van der Waals surface area contributed by atoms with Crippen LogP contribution in [0.4, 0.5) is 5.95 Å². The van der Waals surface area contributed by atoms with E-state index < -0.39 is 0 Å². The van der Waals surface area contributed by atoms with E-state index in [1.54, 1.807) is 31.9 Å². The minimum absolute atomic E-state index is 0.286. The number of methoxy groups -OCH3 is 2. The summed E-state index contributed by atoms with van der Waals surface area (Å²) in [6.45, 7) is 0. The summed E-state index contributed by atoms with van der Waals surface area (Å²) < 4.78 is 19.8. The smallest absolute Gasteiger partial charge is 0.226 e. The van der Waals surface area contributed by atoms with Crippen LogP contribution < -0.4 is 19.5 Å². The zero-order valence-corrected chi connectivity index (χ0v) is 18.3. The summed E-state index contributed by atoms with van der Waals surface area (Å²) in [5.74, 6) is 2.99. The van der Waals surface area contributed by atoms with Gasteiger partial charge in [0.15, 0.2) is 6.10 Å². The number of thiophene rings is 1. The van der Waals surface area contributed by atoms with Crippen molar-refractivity contribution >= 4 is 23.0 Å². The molecule has 2 aromatic heterocycles. The van der Waals surface area contributed by atoms with Gasteiger partial charge in [0, 0.05) is 21.6 Å². The number of aromatic nitrogens is 3. The van der Waals surface area contributed by atoms with E-state index >= 15 is 0 Å². The molecule has 0 fully saturated rings. The topological polar surface area (TPSA) is 70.4 Å². The first-order chi connectivity index (χ1) is 15.8. The molecule has 4 aromatic rings. The number of hydrogen-bond acceptors (Lipinski definition) is 7. The molecule has 32 heavy (non-hydrogen) atoms. The maximum Gasteiger partial charge on any atom is 0.226 e. The van der Waals surface area contributed by atoms with Crippen LogP contribution in [0.2, 0.25) is 0 Å². The van der Waals surface area contributed by atoms with Gasteiger partial charge in [-0.2, -0.15) is 10.1 Å². The molecular formula is C24H20N4O3S. The molecule has 6 rings (SSSR count). The number of benzene rings is 2. The van der Waals surface area contributed by atoms with Crippen molar-refractivity contribution in [3.8, 4) is 17.2 Å². The standard InChI is InChI=1S/C24H20N4O3S/c1-29-14-9-10-17(30-2)16(12-14)22-20-21(27-24-25-13-26-28(22)24)15-6-3-4-7-18(15)31-23(20)19-8-5-11-32-19/h3-13,22-23H,1-2H3,(H,25,26,27)/t22-,23+/m0/s1. The van der Waals surface area contributed by atoms with Crippen LogP contribution in [0, 0.1) is 0 Å². The highest BCUT2D eigenvalue weighted by Gasteiger charge is 2.42. The van der Waals surface area contributed by atoms with Crippen molar-refractivity contribution in [3.63, 3.8) is 0 Å². The Morgan fingerprint density at radius 2 is 1.97 bits per heavy atom. The van der Waals surface area contributed by atoms with Gasteiger partial charge in [0.05, 0.1) is 19.9 Å². The van der Waals surface area contributed by atoms with E-state index in [1.165, 1.54) is 0 Å². The second-order valence-electron chi connectivity index (χ2n) is 7.50. The molecule has 0 bridgehead atoms. The van der Waals surface area contributed by atoms with Crippen LogP contribution in [-0.2, 0) is 0 Å². The number of para-hydroxylation sites is 1. The number of nitrogens with zero attached hydrogens (tertiary/aromatic N) is 3. The Bertz CT molecular complexity index is 1330.